The van der Waals surface area contributed by atoms with Crippen LogP contribution in [0.5, 0.6) is 0 Å². The molecule has 2 N–H and O–H groups in total. The number of carboxylic acids is 1. The highest BCUT2D eigenvalue weighted by atomic mass is 32.2. The lowest BCUT2D eigenvalue weighted by Crippen LogP contribution is -2.34. The number of carboxylic acid groups (broad SMARTS) is 1. The molecule has 1 heterocycles. The van der Waals surface area contributed by atoms with Crippen LogP contribution < -0.4 is 5.32 Å². The zero-order valence-corrected chi connectivity index (χ0v) is 13.9. The van der Waals surface area contributed by atoms with Crippen molar-refractivity contribution < 1.29 is 23.1 Å². The van der Waals surface area contributed by atoms with Crippen molar-refractivity contribution in [2.24, 2.45) is 5.92 Å². The normalized spacial score (nSPS) is 18.8. The third-order valence-electron chi connectivity index (χ3n) is 3.93. The van der Waals surface area contributed by atoms with E-state index in [0.29, 0.717) is 18.5 Å². The van der Waals surface area contributed by atoms with Crippen LogP contribution in [0.4, 0.5) is 0 Å². The molecule has 0 aliphatic carbocycles. The summed E-state index contributed by atoms with van der Waals surface area (Å²) < 4.78 is 26.8. The summed E-state index contributed by atoms with van der Waals surface area (Å²) in [6, 6.07) is 4.03. The minimum atomic E-state index is -3.82. The van der Waals surface area contributed by atoms with Crippen LogP contribution in [0.1, 0.15) is 29.3 Å². The lowest BCUT2D eigenvalue weighted by molar-refractivity contribution is -0.124. The average Bonchev–Trinajstić information content (AvgIpc) is 2.98. The Kier molecular flexibility index (Phi) is 5.06. The molecule has 0 saturated carbocycles. The number of amides is 1. The molecule has 1 saturated heterocycles. The largest absolute Gasteiger partial charge is 0.478 e. The first-order valence-corrected chi connectivity index (χ1v) is 8.83. The molecule has 1 aliphatic rings. The van der Waals surface area contributed by atoms with Crippen molar-refractivity contribution >= 4 is 21.9 Å². The fourth-order valence-corrected chi connectivity index (χ4v) is 4.38. The molecule has 126 valence electrons. The number of hydrogen-bond acceptors (Lipinski definition) is 4. The van der Waals surface area contributed by atoms with Gasteiger partial charge in [-0.3, -0.25) is 4.79 Å². The third kappa shape index (κ3) is 3.53. The van der Waals surface area contributed by atoms with Crippen molar-refractivity contribution in [2.75, 3.05) is 19.6 Å². The number of carbonyl (C=O) groups is 2. The number of hydrogen-bond donors (Lipinski definition) is 2. The predicted molar refractivity (Wildman–Crippen MR) is 83.7 cm³/mol. The summed E-state index contributed by atoms with van der Waals surface area (Å²) in [5, 5.41) is 11.7. The second-order valence-electron chi connectivity index (χ2n) is 5.53. The zero-order chi connectivity index (χ0) is 17.2. The smallest absolute Gasteiger partial charge is 0.335 e. The molecule has 1 unspecified atom stereocenters. The zero-order valence-electron chi connectivity index (χ0n) is 13.1. The van der Waals surface area contributed by atoms with Gasteiger partial charge in [-0.25, -0.2) is 13.2 Å². The van der Waals surface area contributed by atoms with Gasteiger partial charge in [0.2, 0.25) is 15.9 Å². The number of nitrogens with zero attached hydrogens (tertiary/aromatic N) is 1. The standard InChI is InChI=1S/C15H20N2O5S/c1-3-16-14(18)12-6-7-17(9-12)23(21,22)13-8-11(15(19)20)5-4-10(13)2/h4-5,8,12H,3,6-7,9H2,1-2H3,(H,16,18)(H,19,20). The van der Waals surface area contributed by atoms with Crippen molar-refractivity contribution in [3.63, 3.8) is 0 Å². The molecule has 2 rings (SSSR count). The van der Waals surface area contributed by atoms with E-state index >= 15 is 0 Å². The van der Waals surface area contributed by atoms with Crippen LogP contribution in [0, 0.1) is 12.8 Å². The molecule has 1 aromatic carbocycles. The minimum Gasteiger partial charge on any atom is -0.478 e. The van der Waals surface area contributed by atoms with E-state index < -0.39 is 16.0 Å². The van der Waals surface area contributed by atoms with Gasteiger partial charge in [0.05, 0.1) is 16.4 Å². The van der Waals surface area contributed by atoms with Gasteiger partial charge in [0.1, 0.15) is 0 Å². The lowest BCUT2D eigenvalue weighted by atomic mass is 10.1. The van der Waals surface area contributed by atoms with Crippen molar-refractivity contribution in [2.45, 2.75) is 25.2 Å². The summed E-state index contributed by atoms with van der Waals surface area (Å²) in [4.78, 5) is 22.9. The Bertz CT molecular complexity index is 729. The average molecular weight is 340 g/mol. The Hall–Kier alpha value is -1.93. The summed E-state index contributed by atoms with van der Waals surface area (Å²) in [6.45, 7) is 4.30. The van der Waals surface area contributed by atoms with E-state index in [1.54, 1.807) is 6.92 Å². The molecule has 1 aromatic rings. The predicted octanol–water partition coefficient (Wildman–Crippen LogP) is 0.840. The highest BCUT2D eigenvalue weighted by Crippen LogP contribution is 2.27. The molecular formula is C15H20N2O5S. The summed E-state index contributed by atoms with van der Waals surface area (Å²) in [6.07, 6.45) is 0.461. The van der Waals surface area contributed by atoms with Gasteiger partial charge in [0, 0.05) is 19.6 Å². The molecule has 1 amide bonds. The fourth-order valence-electron chi connectivity index (χ4n) is 2.63. The fraction of sp³-hybridized carbons (Fsp3) is 0.467. The second kappa shape index (κ2) is 6.67. The molecule has 8 heteroatoms. The number of rotatable bonds is 5. The van der Waals surface area contributed by atoms with Crippen LogP contribution in [0.3, 0.4) is 0 Å². The number of benzene rings is 1. The molecule has 1 fully saturated rings. The Morgan fingerprint density at radius 3 is 2.70 bits per heavy atom. The van der Waals surface area contributed by atoms with Crippen LogP contribution in [-0.2, 0) is 14.8 Å². The van der Waals surface area contributed by atoms with Gasteiger partial charge in [-0.15, -0.1) is 0 Å². The number of aryl methyl sites for hydroxylation is 1. The van der Waals surface area contributed by atoms with E-state index in [1.807, 2.05) is 6.92 Å². The molecule has 23 heavy (non-hydrogen) atoms. The summed E-state index contributed by atoms with van der Waals surface area (Å²) in [5.41, 5.74) is 0.408. The molecule has 1 atom stereocenters. The van der Waals surface area contributed by atoms with Gasteiger partial charge in [-0.1, -0.05) is 6.07 Å². The van der Waals surface area contributed by atoms with Crippen molar-refractivity contribution in [1.82, 2.24) is 9.62 Å². The first-order valence-electron chi connectivity index (χ1n) is 7.39. The highest BCUT2D eigenvalue weighted by molar-refractivity contribution is 7.89. The van der Waals surface area contributed by atoms with E-state index in [1.165, 1.54) is 22.5 Å². The Labute approximate surface area is 135 Å². The summed E-state index contributed by atoms with van der Waals surface area (Å²) >= 11 is 0. The van der Waals surface area contributed by atoms with Gasteiger partial charge < -0.3 is 10.4 Å². The van der Waals surface area contributed by atoms with Gasteiger partial charge >= 0.3 is 5.97 Å². The van der Waals surface area contributed by atoms with Gasteiger partial charge in [0.15, 0.2) is 0 Å². The minimum absolute atomic E-state index is 0.0195. The second-order valence-corrected chi connectivity index (χ2v) is 7.44. The Morgan fingerprint density at radius 2 is 2.09 bits per heavy atom. The van der Waals surface area contributed by atoms with Gasteiger partial charge in [0.25, 0.3) is 0 Å². The number of sulfonamides is 1. The lowest BCUT2D eigenvalue weighted by Gasteiger charge is -2.18. The molecular weight excluding hydrogens is 320 g/mol. The van der Waals surface area contributed by atoms with Crippen molar-refractivity contribution in [3.05, 3.63) is 29.3 Å². The third-order valence-corrected chi connectivity index (χ3v) is 5.93. The molecule has 7 nitrogen and oxygen atoms in total. The van der Waals surface area contributed by atoms with Crippen LogP contribution in [0.25, 0.3) is 0 Å². The Balaban J connectivity index is 2.28. The molecule has 1 aliphatic heterocycles. The van der Waals surface area contributed by atoms with Crippen molar-refractivity contribution in [3.8, 4) is 0 Å². The van der Waals surface area contributed by atoms with Gasteiger partial charge in [-0.2, -0.15) is 4.31 Å². The first-order chi connectivity index (χ1) is 10.8. The molecule has 0 bridgehead atoms. The quantitative estimate of drug-likeness (QED) is 0.826. The topological polar surface area (TPSA) is 104 Å². The highest BCUT2D eigenvalue weighted by Gasteiger charge is 2.36. The maximum Gasteiger partial charge on any atom is 0.335 e. The number of carbonyl (C=O) groups excluding carboxylic acids is 1. The number of nitrogens with one attached hydrogen (secondary N) is 1. The van der Waals surface area contributed by atoms with Crippen LogP contribution in [0.15, 0.2) is 23.1 Å². The van der Waals surface area contributed by atoms with E-state index in [4.69, 9.17) is 5.11 Å². The monoisotopic (exact) mass is 340 g/mol. The van der Waals surface area contributed by atoms with E-state index in [2.05, 4.69) is 5.32 Å². The van der Waals surface area contributed by atoms with E-state index in [9.17, 15) is 18.0 Å². The Morgan fingerprint density at radius 1 is 1.39 bits per heavy atom. The van der Waals surface area contributed by atoms with E-state index in [-0.39, 0.29) is 35.4 Å². The molecule has 0 radical (unpaired) electrons. The van der Waals surface area contributed by atoms with E-state index in [0.717, 1.165) is 0 Å². The van der Waals surface area contributed by atoms with Crippen molar-refractivity contribution in [1.29, 1.82) is 0 Å². The van der Waals surface area contributed by atoms with Crippen LogP contribution >= 0.6 is 0 Å². The molecule has 0 spiro atoms. The van der Waals surface area contributed by atoms with Gasteiger partial charge in [-0.05, 0) is 38.0 Å². The SMILES string of the molecule is CCNC(=O)C1CCN(S(=O)(=O)c2cc(C(=O)O)ccc2C)C1. The first kappa shape index (κ1) is 17.4. The maximum atomic E-state index is 12.8. The van der Waals surface area contributed by atoms with Crippen LogP contribution in [-0.4, -0.2) is 49.3 Å². The molecule has 0 aromatic heterocycles. The summed E-state index contributed by atoms with van der Waals surface area (Å²) in [7, 11) is -3.82. The number of aromatic carboxylic acids is 1. The maximum absolute atomic E-state index is 12.8. The van der Waals surface area contributed by atoms with Crippen LogP contribution in [0.2, 0.25) is 0 Å². The summed E-state index contributed by atoms with van der Waals surface area (Å²) in [5.74, 6) is -1.70.